The predicted molar refractivity (Wildman–Crippen MR) is 82.2 cm³/mol. The summed E-state index contributed by atoms with van der Waals surface area (Å²) in [5.41, 5.74) is 0. The van der Waals surface area contributed by atoms with Crippen LogP contribution in [0.4, 0.5) is 0 Å². The number of carboxylic acid groups (broad SMARTS) is 1. The lowest BCUT2D eigenvalue weighted by atomic mass is 10.2. The Morgan fingerprint density at radius 2 is 1.73 bits per heavy atom. The second-order valence-corrected chi connectivity index (χ2v) is 4.94. The fraction of sp³-hybridized carbons (Fsp3) is 0.500. The number of ether oxygens (including phenoxy) is 2. The summed E-state index contributed by atoms with van der Waals surface area (Å²) in [6, 6.07) is 7.27. The molecule has 6 nitrogen and oxygen atoms in total. The molecule has 0 bridgehead atoms. The Balaban J connectivity index is 2.17. The fourth-order valence-corrected chi connectivity index (χ4v) is 1.87. The second-order valence-electron chi connectivity index (χ2n) is 4.94. The fourth-order valence-electron chi connectivity index (χ4n) is 1.87. The lowest BCUT2D eigenvalue weighted by Crippen LogP contribution is -2.28. The van der Waals surface area contributed by atoms with E-state index in [9.17, 15) is 9.59 Å². The molecule has 0 heterocycles. The van der Waals surface area contributed by atoms with Crippen molar-refractivity contribution in [1.82, 2.24) is 4.90 Å². The molecule has 0 atom stereocenters. The zero-order chi connectivity index (χ0) is 16.4. The van der Waals surface area contributed by atoms with Crippen molar-refractivity contribution in [3.05, 3.63) is 24.3 Å². The van der Waals surface area contributed by atoms with Crippen LogP contribution in [-0.2, 0) is 9.59 Å². The molecule has 122 valence electrons. The van der Waals surface area contributed by atoms with Gasteiger partial charge in [-0.15, -0.1) is 0 Å². The number of hydrogen-bond acceptors (Lipinski definition) is 4. The van der Waals surface area contributed by atoms with Crippen LogP contribution in [0.1, 0.15) is 25.7 Å². The van der Waals surface area contributed by atoms with E-state index in [0.717, 1.165) is 11.5 Å². The highest BCUT2D eigenvalue weighted by Crippen LogP contribution is 2.17. The highest BCUT2D eigenvalue weighted by molar-refractivity contribution is 5.75. The maximum absolute atomic E-state index is 11.8. The normalized spacial score (nSPS) is 10.1. The van der Waals surface area contributed by atoms with Gasteiger partial charge in [0.15, 0.2) is 0 Å². The molecule has 1 aromatic carbocycles. The topological polar surface area (TPSA) is 76.1 Å². The van der Waals surface area contributed by atoms with E-state index in [1.165, 1.54) is 0 Å². The van der Waals surface area contributed by atoms with Crippen LogP contribution < -0.4 is 9.47 Å². The van der Waals surface area contributed by atoms with Crippen molar-refractivity contribution in [2.75, 3.05) is 27.3 Å². The average Bonchev–Trinajstić information content (AvgIpc) is 2.51. The number of carbonyl (C=O) groups is 2. The maximum Gasteiger partial charge on any atom is 0.303 e. The lowest BCUT2D eigenvalue weighted by Gasteiger charge is -2.16. The molecule has 0 aliphatic heterocycles. The van der Waals surface area contributed by atoms with Crippen LogP contribution in [0.25, 0.3) is 0 Å². The van der Waals surface area contributed by atoms with Crippen LogP contribution in [-0.4, -0.2) is 49.2 Å². The summed E-state index contributed by atoms with van der Waals surface area (Å²) in [4.78, 5) is 23.8. The van der Waals surface area contributed by atoms with Gasteiger partial charge in [0.2, 0.25) is 5.91 Å². The first-order chi connectivity index (χ1) is 10.5. The smallest absolute Gasteiger partial charge is 0.303 e. The third-order valence-corrected chi connectivity index (χ3v) is 3.17. The number of aliphatic carboxylic acids is 1. The van der Waals surface area contributed by atoms with E-state index < -0.39 is 5.97 Å². The van der Waals surface area contributed by atoms with Gasteiger partial charge in [-0.3, -0.25) is 9.59 Å². The second kappa shape index (κ2) is 9.65. The summed E-state index contributed by atoms with van der Waals surface area (Å²) in [6.07, 6.45) is 1.56. The molecular formula is C16H23NO5. The number of carbonyl (C=O) groups excluding carboxylic acids is 1. The molecule has 0 saturated heterocycles. The van der Waals surface area contributed by atoms with Gasteiger partial charge in [0.25, 0.3) is 0 Å². The first-order valence-electron chi connectivity index (χ1n) is 7.25. The first kappa shape index (κ1) is 17.8. The Bertz CT molecular complexity index is 472. The van der Waals surface area contributed by atoms with Crippen molar-refractivity contribution < 1.29 is 24.2 Å². The molecule has 0 spiro atoms. The number of amides is 1. The molecule has 0 fully saturated rings. The van der Waals surface area contributed by atoms with Crippen LogP contribution in [0.15, 0.2) is 24.3 Å². The van der Waals surface area contributed by atoms with E-state index in [1.54, 1.807) is 19.1 Å². The molecule has 1 aromatic rings. The number of hydrogen-bond donors (Lipinski definition) is 1. The summed E-state index contributed by atoms with van der Waals surface area (Å²) in [7, 11) is 3.29. The van der Waals surface area contributed by atoms with Gasteiger partial charge in [0, 0.05) is 26.4 Å². The van der Waals surface area contributed by atoms with E-state index >= 15 is 0 Å². The van der Waals surface area contributed by atoms with Crippen molar-refractivity contribution in [2.45, 2.75) is 25.7 Å². The molecule has 0 aliphatic carbocycles. The Kier molecular flexibility index (Phi) is 7.81. The van der Waals surface area contributed by atoms with Crippen molar-refractivity contribution in [3.63, 3.8) is 0 Å². The van der Waals surface area contributed by atoms with Gasteiger partial charge in [-0.1, -0.05) is 0 Å². The number of benzene rings is 1. The van der Waals surface area contributed by atoms with Crippen LogP contribution in [0.3, 0.4) is 0 Å². The number of methoxy groups -OCH3 is 1. The zero-order valence-corrected chi connectivity index (χ0v) is 13.1. The summed E-state index contributed by atoms with van der Waals surface area (Å²) >= 11 is 0. The van der Waals surface area contributed by atoms with E-state index in [-0.39, 0.29) is 12.3 Å². The Morgan fingerprint density at radius 1 is 1.09 bits per heavy atom. The number of rotatable bonds is 10. The lowest BCUT2D eigenvalue weighted by molar-refractivity contribution is -0.138. The standard InChI is InChI=1S/C16H23NO5/c1-17(11-3-6-16(19)20)15(18)5-4-12-22-14-9-7-13(21-2)8-10-14/h7-10H,3-6,11-12H2,1-2H3,(H,19,20). The molecule has 22 heavy (non-hydrogen) atoms. The van der Waals surface area contributed by atoms with Crippen LogP contribution in [0.5, 0.6) is 11.5 Å². The minimum atomic E-state index is -0.839. The maximum atomic E-state index is 11.8. The van der Waals surface area contributed by atoms with Gasteiger partial charge in [-0.05, 0) is 37.1 Å². The quantitative estimate of drug-likeness (QED) is 0.670. The van der Waals surface area contributed by atoms with E-state index in [2.05, 4.69) is 0 Å². The summed E-state index contributed by atoms with van der Waals surface area (Å²) in [5.74, 6) is 0.672. The molecule has 6 heteroatoms. The molecule has 1 N–H and O–H groups in total. The summed E-state index contributed by atoms with van der Waals surface area (Å²) in [6.45, 7) is 0.922. The SMILES string of the molecule is COc1ccc(OCCCC(=O)N(C)CCCC(=O)O)cc1. The Labute approximate surface area is 130 Å². The van der Waals surface area contributed by atoms with Crippen LogP contribution in [0, 0.1) is 0 Å². The van der Waals surface area contributed by atoms with Crippen molar-refractivity contribution in [2.24, 2.45) is 0 Å². The number of carboxylic acids is 1. The van der Waals surface area contributed by atoms with E-state index in [0.29, 0.717) is 32.4 Å². The molecule has 0 radical (unpaired) electrons. The molecule has 1 rings (SSSR count). The summed E-state index contributed by atoms with van der Waals surface area (Å²) in [5, 5.41) is 8.55. The zero-order valence-electron chi connectivity index (χ0n) is 13.1. The molecular weight excluding hydrogens is 286 g/mol. The van der Waals surface area contributed by atoms with Gasteiger partial charge in [0.05, 0.1) is 13.7 Å². The molecule has 1 amide bonds. The molecule has 0 aromatic heterocycles. The van der Waals surface area contributed by atoms with Gasteiger partial charge >= 0.3 is 5.97 Å². The molecule has 0 aliphatic rings. The van der Waals surface area contributed by atoms with Gasteiger partial charge < -0.3 is 19.5 Å². The summed E-state index contributed by atoms with van der Waals surface area (Å²) < 4.78 is 10.6. The third kappa shape index (κ3) is 6.97. The minimum Gasteiger partial charge on any atom is -0.497 e. The van der Waals surface area contributed by atoms with Gasteiger partial charge in [0.1, 0.15) is 11.5 Å². The van der Waals surface area contributed by atoms with Gasteiger partial charge in [-0.25, -0.2) is 0 Å². The number of nitrogens with zero attached hydrogens (tertiary/aromatic N) is 1. The van der Waals surface area contributed by atoms with Gasteiger partial charge in [-0.2, -0.15) is 0 Å². The first-order valence-corrected chi connectivity index (χ1v) is 7.25. The monoisotopic (exact) mass is 309 g/mol. The van der Waals surface area contributed by atoms with E-state index in [1.807, 2.05) is 24.3 Å². The Hall–Kier alpha value is -2.24. The minimum absolute atomic E-state index is 0.00344. The largest absolute Gasteiger partial charge is 0.497 e. The highest BCUT2D eigenvalue weighted by Gasteiger charge is 2.09. The molecule has 0 unspecified atom stereocenters. The van der Waals surface area contributed by atoms with Crippen LogP contribution in [0.2, 0.25) is 0 Å². The van der Waals surface area contributed by atoms with Crippen molar-refractivity contribution in [3.8, 4) is 11.5 Å². The molecule has 0 saturated carbocycles. The highest BCUT2D eigenvalue weighted by atomic mass is 16.5. The third-order valence-electron chi connectivity index (χ3n) is 3.17. The van der Waals surface area contributed by atoms with Crippen LogP contribution >= 0.6 is 0 Å². The van der Waals surface area contributed by atoms with Crippen molar-refractivity contribution in [1.29, 1.82) is 0 Å². The Morgan fingerprint density at radius 3 is 2.32 bits per heavy atom. The van der Waals surface area contributed by atoms with E-state index in [4.69, 9.17) is 14.6 Å². The predicted octanol–water partition coefficient (Wildman–Crippen LogP) is 2.18. The average molecular weight is 309 g/mol. The van der Waals surface area contributed by atoms with Crippen molar-refractivity contribution >= 4 is 11.9 Å².